The molecule has 1 fully saturated rings. The number of rotatable bonds is 4. The molecule has 1 aliphatic heterocycles. The van der Waals surface area contributed by atoms with Gasteiger partial charge in [-0.05, 0) is 32.6 Å². The molecule has 0 saturated carbocycles. The maximum Gasteiger partial charge on any atom is 0.345 e. The first-order chi connectivity index (χ1) is 9.67. The zero-order valence-electron chi connectivity index (χ0n) is 12.0. The van der Waals surface area contributed by atoms with E-state index >= 15 is 0 Å². The summed E-state index contributed by atoms with van der Waals surface area (Å²) in [6.07, 6.45) is 5.75. The highest BCUT2D eigenvalue weighted by atomic mass is 16.5. The third-order valence-electron chi connectivity index (χ3n) is 3.65. The minimum atomic E-state index is -0.626. The van der Waals surface area contributed by atoms with Crippen molar-refractivity contribution in [1.82, 2.24) is 9.97 Å². The topological polar surface area (TPSA) is 75.3 Å². The molecule has 0 amide bonds. The Morgan fingerprint density at radius 1 is 1.50 bits per heavy atom. The molecule has 2 heterocycles. The average Bonchev–Trinajstić information content (AvgIpc) is 2.47. The molecule has 1 aromatic rings. The molecule has 1 atom stereocenters. The zero-order chi connectivity index (χ0) is 14.5. The Kier molecular flexibility index (Phi) is 4.76. The second kappa shape index (κ2) is 6.54. The van der Waals surface area contributed by atoms with Crippen LogP contribution in [0.15, 0.2) is 11.0 Å². The van der Waals surface area contributed by atoms with Crippen molar-refractivity contribution in [3.8, 4) is 0 Å². The van der Waals surface area contributed by atoms with Crippen molar-refractivity contribution < 1.29 is 9.53 Å². The van der Waals surface area contributed by atoms with E-state index in [2.05, 4.69) is 21.8 Å². The van der Waals surface area contributed by atoms with Gasteiger partial charge in [0.2, 0.25) is 5.95 Å². The second-order valence-corrected chi connectivity index (χ2v) is 4.92. The van der Waals surface area contributed by atoms with Crippen LogP contribution in [-0.4, -0.2) is 35.1 Å². The van der Waals surface area contributed by atoms with Gasteiger partial charge in [0.1, 0.15) is 5.56 Å². The molecule has 1 aromatic heterocycles. The van der Waals surface area contributed by atoms with Crippen LogP contribution in [0.5, 0.6) is 0 Å². The number of H-pyrrole nitrogens is 1. The molecule has 0 radical (unpaired) electrons. The van der Waals surface area contributed by atoms with E-state index in [1.165, 1.54) is 12.6 Å². The Hall–Kier alpha value is -1.85. The molecule has 110 valence electrons. The number of nitrogens with one attached hydrogen (secondary N) is 1. The minimum absolute atomic E-state index is 0.0411. The number of ether oxygens (including phenoxy) is 1. The SMILES string of the molecule is CCOC(=O)c1cnc(N2CCCC[C@H]2CC)[nH]c1=O. The van der Waals surface area contributed by atoms with E-state index < -0.39 is 11.5 Å². The van der Waals surface area contributed by atoms with Crippen LogP contribution >= 0.6 is 0 Å². The fourth-order valence-corrected chi connectivity index (χ4v) is 2.59. The van der Waals surface area contributed by atoms with Crippen molar-refractivity contribution in [2.75, 3.05) is 18.1 Å². The van der Waals surface area contributed by atoms with Gasteiger partial charge in [-0.25, -0.2) is 9.78 Å². The Morgan fingerprint density at radius 3 is 2.95 bits per heavy atom. The van der Waals surface area contributed by atoms with Crippen LogP contribution in [0.2, 0.25) is 0 Å². The maximum atomic E-state index is 12.0. The standard InChI is InChI=1S/C14H21N3O3/c1-3-10-7-5-6-8-17(10)14-15-9-11(12(18)16-14)13(19)20-4-2/h9-10H,3-8H2,1-2H3,(H,15,16,18)/t10-/m1/s1. The highest BCUT2D eigenvalue weighted by Gasteiger charge is 2.23. The van der Waals surface area contributed by atoms with Crippen LogP contribution in [0.1, 0.15) is 49.9 Å². The van der Waals surface area contributed by atoms with Gasteiger partial charge in [0.25, 0.3) is 5.56 Å². The smallest absolute Gasteiger partial charge is 0.345 e. The third-order valence-corrected chi connectivity index (χ3v) is 3.65. The van der Waals surface area contributed by atoms with E-state index in [0.717, 1.165) is 25.8 Å². The van der Waals surface area contributed by atoms with Crippen molar-refractivity contribution in [2.24, 2.45) is 0 Å². The van der Waals surface area contributed by atoms with E-state index in [0.29, 0.717) is 12.0 Å². The van der Waals surface area contributed by atoms with Crippen molar-refractivity contribution >= 4 is 11.9 Å². The molecular weight excluding hydrogens is 258 g/mol. The summed E-state index contributed by atoms with van der Waals surface area (Å²) in [4.78, 5) is 32.6. The predicted octanol–water partition coefficient (Wildman–Crippen LogP) is 1.72. The lowest BCUT2D eigenvalue weighted by atomic mass is 10.0. The largest absolute Gasteiger partial charge is 0.462 e. The summed E-state index contributed by atoms with van der Waals surface area (Å²) in [5, 5.41) is 0. The Morgan fingerprint density at radius 2 is 2.30 bits per heavy atom. The molecule has 0 spiro atoms. The van der Waals surface area contributed by atoms with Crippen LogP contribution in [0.4, 0.5) is 5.95 Å². The van der Waals surface area contributed by atoms with Crippen LogP contribution in [0, 0.1) is 0 Å². The lowest BCUT2D eigenvalue weighted by Crippen LogP contribution is -2.41. The number of aromatic amines is 1. The molecular formula is C14H21N3O3. The third kappa shape index (κ3) is 3.00. The first kappa shape index (κ1) is 14.6. The van der Waals surface area contributed by atoms with Gasteiger partial charge in [0.05, 0.1) is 12.8 Å². The molecule has 1 N–H and O–H groups in total. The van der Waals surface area contributed by atoms with Gasteiger partial charge in [0.15, 0.2) is 0 Å². The number of carbonyl (C=O) groups excluding carboxylic acids is 1. The van der Waals surface area contributed by atoms with Gasteiger partial charge in [-0.2, -0.15) is 0 Å². The molecule has 20 heavy (non-hydrogen) atoms. The number of nitrogens with zero attached hydrogens (tertiary/aromatic N) is 2. The highest BCUT2D eigenvalue weighted by Crippen LogP contribution is 2.22. The van der Waals surface area contributed by atoms with E-state index in [1.54, 1.807) is 6.92 Å². The summed E-state index contributed by atoms with van der Waals surface area (Å²) in [5.74, 6) is -0.0758. The lowest BCUT2D eigenvalue weighted by Gasteiger charge is -2.35. The summed E-state index contributed by atoms with van der Waals surface area (Å²) in [6.45, 7) is 4.96. The van der Waals surface area contributed by atoms with Gasteiger partial charge in [-0.1, -0.05) is 6.92 Å². The van der Waals surface area contributed by atoms with Crippen LogP contribution in [-0.2, 0) is 4.74 Å². The van der Waals surface area contributed by atoms with E-state index in [-0.39, 0.29) is 12.2 Å². The predicted molar refractivity (Wildman–Crippen MR) is 76.1 cm³/mol. The van der Waals surface area contributed by atoms with E-state index in [9.17, 15) is 9.59 Å². The molecule has 0 aromatic carbocycles. The molecule has 6 heteroatoms. The monoisotopic (exact) mass is 279 g/mol. The molecule has 1 saturated heterocycles. The van der Waals surface area contributed by atoms with Gasteiger partial charge < -0.3 is 9.64 Å². The van der Waals surface area contributed by atoms with Crippen LogP contribution < -0.4 is 10.5 Å². The minimum Gasteiger partial charge on any atom is -0.462 e. The fraction of sp³-hybridized carbons (Fsp3) is 0.643. The quantitative estimate of drug-likeness (QED) is 0.849. The number of aromatic nitrogens is 2. The van der Waals surface area contributed by atoms with Gasteiger partial charge in [0, 0.05) is 12.6 Å². The van der Waals surface area contributed by atoms with Crippen LogP contribution in [0.3, 0.4) is 0 Å². The number of hydrogen-bond acceptors (Lipinski definition) is 5. The first-order valence-corrected chi connectivity index (χ1v) is 7.20. The van der Waals surface area contributed by atoms with Gasteiger partial charge in [-0.15, -0.1) is 0 Å². The van der Waals surface area contributed by atoms with Crippen molar-refractivity contribution in [3.05, 3.63) is 22.1 Å². The Balaban J connectivity index is 2.24. The second-order valence-electron chi connectivity index (χ2n) is 4.92. The highest BCUT2D eigenvalue weighted by molar-refractivity contribution is 5.88. The van der Waals surface area contributed by atoms with E-state index in [1.807, 2.05) is 0 Å². The molecule has 0 aliphatic carbocycles. The summed E-state index contributed by atoms with van der Waals surface area (Å²) in [6, 6.07) is 0.403. The number of anilines is 1. The first-order valence-electron chi connectivity index (χ1n) is 7.20. The molecule has 0 bridgehead atoms. The molecule has 0 unspecified atom stereocenters. The zero-order valence-corrected chi connectivity index (χ0v) is 12.0. The van der Waals surface area contributed by atoms with Crippen molar-refractivity contribution in [1.29, 1.82) is 0 Å². The summed E-state index contributed by atoms with van der Waals surface area (Å²) < 4.78 is 4.82. The average molecular weight is 279 g/mol. The van der Waals surface area contributed by atoms with Crippen molar-refractivity contribution in [2.45, 2.75) is 45.6 Å². The van der Waals surface area contributed by atoms with Crippen molar-refractivity contribution in [3.63, 3.8) is 0 Å². The molecule has 2 rings (SSSR count). The number of hydrogen-bond donors (Lipinski definition) is 1. The summed E-state index contributed by atoms with van der Waals surface area (Å²) in [7, 11) is 0. The molecule has 6 nitrogen and oxygen atoms in total. The summed E-state index contributed by atoms with van der Waals surface area (Å²) >= 11 is 0. The number of esters is 1. The van der Waals surface area contributed by atoms with Gasteiger partial charge in [-0.3, -0.25) is 9.78 Å². The van der Waals surface area contributed by atoms with E-state index in [4.69, 9.17) is 4.74 Å². The Labute approximate surface area is 118 Å². The Bertz CT molecular complexity index is 527. The number of carbonyl (C=O) groups is 1. The normalized spacial score (nSPS) is 18.9. The summed E-state index contributed by atoms with van der Waals surface area (Å²) in [5.41, 5.74) is -0.477. The number of piperidine rings is 1. The maximum absolute atomic E-state index is 12.0. The van der Waals surface area contributed by atoms with Gasteiger partial charge >= 0.3 is 5.97 Å². The lowest BCUT2D eigenvalue weighted by molar-refractivity contribution is 0.0523. The molecule has 1 aliphatic rings. The van der Waals surface area contributed by atoms with Crippen LogP contribution in [0.25, 0.3) is 0 Å². The fourth-order valence-electron chi connectivity index (χ4n) is 2.59.